The summed E-state index contributed by atoms with van der Waals surface area (Å²) in [5, 5.41) is 18.0. The number of carbonyl (C=O) groups excluding carboxylic acids is 3. The van der Waals surface area contributed by atoms with Crippen LogP contribution in [0.25, 0.3) is 0 Å². The maximum atomic E-state index is 12.8. The van der Waals surface area contributed by atoms with E-state index in [2.05, 4.69) is 16.0 Å². The number of hydrogen-bond donors (Lipinski definition) is 4. The van der Waals surface area contributed by atoms with Gasteiger partial charge in [0.2, 0.25) is 11.8 Å². The number of rotatable bonds is 10. The molecule has 2 saturated carbocycles. The lowest BCUT2D eigenvalue weighted by Gasteiger charge is -2.25. The Morgan fingerprint density at radius 3 is 2.57 bits per heavy atom. The van der Waals surface area contributed by atoms with Gasteiger partial charge >= 0.3 is 6.09 Å². The predicted molar refractivity (Wildman–Crippen MR) is 111 cm³/mol. The van der Waals surface area contributed by atoms with E-state index in [0.717, 1.165) is 12.3 Å². The lowest BCUT2D eigenvalue weighted by atomic mass is 9.90. The Balaban J connectivity index is 1.48. The molecule has 30 heavy (non-hydrogen) atoms. The number of hydrogen-bond acceptors (Lipinski definition) is 5. The molecule has 6 atom stereocenters. The van der Waals surface area contributed by atoms with Gasteiger partial charge < -0.3 is 25.8 Å². The summed E-state index contributed by atoms with van der Waals surface area (Å²) >= 11 is 0. The van der Waals surface area contributed by atoms with E-state index in [1.165, 1.54) is 19.3 Å². The molecule has 0 aromatic carbocycles. The fourth-order valence-electron chi connectivity index (χ4n) is 5.34. The van der Waals surface area contributed by atoms with Crippen LogP contribution in [0.15, 0.2) is 0 Å². The number of aliphatic hydroxyl groups excluding tert-OH is 1. The maximum absolute atomic E-state index is 12.8. The van der Waals surface area contributed by atoms with Gasteiger partial charge in [-0.25, -0.2) is 4.79 Å². The third-order valence-electron chi connectivity index (χ3n) is 6.93. The van der Waals surface area contributed by atoms with Crippen molar-refractivity contribution in [3.63, 3.8) is 0 Å². The summed E-state index contributed by atoms with van der Waals surface area (Å²) in [5.74, 6) is 1.52. The van der Waals surface area contributed by atoms with E-state index < -0.39 is 18.2 Å². The maximum Gasteiger partial charge on any atom is 0.407 e. The molecule has 0 unspecified atom stereocenters. The minimum atomic E-state index is -0.732. The molecule has 8 heteroatoms. The zero-order valence-electron chi connectivity index (χ0n) is 18.2. The van der Waals surface area contributed by atoms with E-state index in [1.807, 2.05) is 13.8 Å². The summed E-state index contributed by atoms with van der Waals surface area (Å²) < 4.78 is 5.46. The van der Waals surface area contributed by atoms with Gasteiger partial charge in [0.25, 0.3) is 0 Å². The van der Waals surface area contributed by atoms with E-state index in [0.29, 0.717) is 44.2 Å². The number of amides is 3. The highest BCUT2D eigenvalue weighted by Gasteiger charge is 2.40. The topological polar surface area (TPSA) is 117 Å². The van der Waals surface area contributed by atoms with Crippen molar-refractivity contribution in [2.24, 2.45) is 29.6 Å². The SMILES string of the molecule is CC(C)C[C@H](NC(=O)OC[C@H]1C[C@H]2CC[C@@H]1C2)C(=O)N[C@H](CO)C[C@@H]1CCNC1=O. The van der Waals surface area contributed by atoms with Gasteiger partial charge in [0, 0.05) is 12.5 Å². The van der Waals surface area contributed by atoms with Crippen LogP contribution in [-0.4, -0.2) is 54.9 Å². The summed E-state index contributed by atoms with van der Waals surface area (Å²) in [6.07, 6.45) is 5.94. The fraction of sp³-hybridized carbons (Fsp3) is 0.864. The van der Waals surface area contributed by atoms with E-state index >= 15 is 0 Å². The van der Waals surface area contributed by atoms with E-state index in [1.54, 1.807) is 0 Å². The zero-order chi connectivity index (χ0) is 21.7. The van der Waals surface area contributed by atoms with Gasteiger partial charge in [-0.05, 0) is 62.2 Å². The quantitative estimate of drug-likeness (QED) is 0.426. The van der Waals surface area contributed by atoms with Crippen LogP contribution in [0.1, 0.15) is 58.8 Å². The average Bonchev–Trinajstić information content (AvgIpc) is 3.42. The lowest BCUT2D eigenvalue weighted by Crippen LogP contribution is -2.51. The first-order valence-electron chi connectivity index (χ1n) is 11.5. The smallest absolute Gasteiger partial charge is 0.407 e. The van der Waals surface area contributed by atoms with Gasteiger partial charge in [-0.2, -0.15) is 0 Å². The van der Waals surface area contributed by atoms with Crippen LogP contribution in [0.3, 0.4) is 0 Å². The summed E-state index contributed by atoms with van der Waals surface area (Å²) in [4.78, 5) is 37.0. The van der Waals surface area contributed by atoms with Crippen LogP contribution in [0.4, 0.5) is 4.79 Å². The molecule has 1 aliphatic heterocycles. The Morgan fingerprint density at radius 2 is 2.00 bits per heavy atom. The largest absolute Gasteiger partial charge is 0.449 e. The van der Waals surface area contributed by atoms with E-state index in [-0.39, 0.29) is 30.3 Å². The van der Waals surface area contributed by atoms with Crippen molar-refractivity contribution in [3.8, 4) is 0 Å². The molecule has 0 aromatic rings. The number of nitrogens with one attached hydrogen (secondary N) is 3. The number of fused-ring (bicyclic) bond motifs is 2. The standard InChI is InChI=1S/C22H37N3O5/c1-13(2)7-19(21(28)24-18(11-26)10-16-5-6-23-20(16)27)25-22(29)30-12-17-9-14-3-4-15(17)8-14/h13-19,26H,3-12H2,1-2H3,(H,23,27)(H,24,28)(H,25,29)/t14-,15+,16-,17+,18-,19-/m0/s1. The monoisotopic (exact) mass is 423 g/mol. The minimum absolute atomic E-state index is 0.0382. The molecule has 2 bridgehead atoms. The molecule has 0 radical (unpaired) electrons. The van der Waals surface area contributed by atoms with Crippen LogP contribution in [0, 0.1) is 29.6 Å². The van der Waals surface area contributed by atoms with Crippen molar-refractivity contribution in [2.45, 2.75) is 70.9 Å². The molecular weight excluding hydrogens is 386 g/mol. The second-order valence-corrected chi connectivity index (χ2v) is 9.76. The van der Waals surface area contributed by atoms with Crippen molar-refractivity contribution in [2.75, 3.05) is 19.8 Å². The lowest BCUT2D eigenvalue weighted by molar-refractivity contribution is -0.126. The number of alkyl carbamates (subject to hydrolysis) is 1. The highest BCUT2D eigenvalue weighted by atomic mass is 16.5. The molecule has 3 amide bonds. The van der Waals surface area contributed by atoms with Crippen molar-refractivity contribution in [1.82, 2.24) is 16.0 Å². The predicted octanol–water partition coefficient (Wildman–Crippen LogP) is 1.57. The Bertz CT molecular complexity index is 626. The van der Waals surface area contributed by atoms with E-state index in [9.17, 15) is 19.5 Å². The molecule has 8 nitrogen and oxygen atoms in total. The normalized spacial score (nSPS) is 29.5. The molecule has 170 valence electrons. The van der Waals surface area contributed by atoms with Gasteiger partial charge in [0.1, 0.15) is 6.04 Å². The molecule has 3 rings (SSSR count). The van der Waals surface area contributed by atoms with Crippen molar-refractivity contribution < 1.29 is 24.2 Å². The van der Waals surface area contributed by atoms with E-state index in [4.69, 9.17) is 4.74 Å². The molecule has 4 N–H and O–H groups in total. The summed E-state index contributed by atoms with van der Waals surface area (Å²) in [6.45, 7) is 4.75. The third kappa shape index (κ3) is 6.09. The highest BCUT2D eigenvalue weighted by molar-refractivity contribution is 5.86. The van der Waals surface area contributed by atoms with Crippen LogP contribution < -0.4 is 16.0 Å². The Morgan fingerprint density at radius 1 is 1.20 bits per heavy atom. The van der Waals surface area contributed by atoms with Crippen molar-refractivity contribution >= 4 is 17.9 Å². The van der Waals surface area contributed by atoms with Crippen molar-refractivity contribution in [1.29, 1.82) is 0 Å². The summed E-state index contributed by atoms with van der Waals surface area (Å²) in [7, 11) is 0. The molecule has 1 saturated heterocycles. The summed E-state index contributed by atoms with van der Waals surface area (Å²) in [5.41, 5.74) is 0. The Hall–Kier alpha value is -1.83. The van der Waals surface area contributed by atoms with Gasteiger partial charge in [-0.3, -0.25) is 9.59 Å². The Kier molecular flexibility index (Phi) is 7.97. The molecule has 1 heterocycles. The zero-order valence-corrected chi connectivity index (χ0v) is 18.2. The van der Waals surface area contributed by atoms with Gasteiger partial charge in [-0.1, -0.05) is 20.3 Å². The summed E-state index contributed by atoms with van der Waals surface area (Å²) in [6, 6.07) is -1.25. The molecule has 0 aromatic heterocycles. The fourth-order valence-corrected chi connectivity index (χ4v) is 5.34. The second kappa shape index (κ2) is 10.5. The van der Waals surface area contributed by atoms with Crippen LogP contribution >= 0.6 is 0 Å². The third-order valence-corrected chi connectivity index (χ3v) is 6.93. The van der Waals surface area contributed by atoms with Crippen LogP contribution in [0.2, 0.25) is 0 Å². The first-order valence-corrected chi connectivity index (χ1v) is 11.5. The molecular formula is C22H37N3O5. The number of ether oxygens (including phenoxy) is 1. The first kappa shape index (κ1) is 22.8. The van der Waals surface area contributed by atoms with Gasteiger partial charge in [0.15, 0.2) is 0 Å². The number of aliphatic hydroxyl groups is 1. The molecule has 3 fully saturated rings. The number of carbonyl (C=O) groups is 3. The Labute approximate surface area is 178 Å². The first-order chi connectivity index (χ1) is 14.4. The molecule has 2 aliphatic carbocycles. The average molecular weight is 424 g/mol. The highest BCUT2D eigenvalue weighted by Crippen LogP contribution is 2.48. The molecule has 3 aliphatic rings. The van der Waals surface area contributed by atoms with Crippen LogP contribution in [-0.2, 0) is 14.3 Å². The second-order valence-electron chi connectivity index (χ2n) is 9.76. The minimum Gasteiger partial charge on any atom is -0.449 e. The molecule has 0 spiro atoms. The van der Waals surface area contributed by atoms with Crippen molar-refractivity contribution in [3.05, 3.63) is 0 Å². The van der Waals surface area contributed by atoms with Gasteiger partial charge in [0.05, 0.1) is 19.3 Å². The van der Waals surface area contributed by atoms with Gasteiger partial charge in [-0.15, -0.1) is 0 Å². The van der Waals surface area contributed by atoms with Crippen LogP contribution in [0.5, 0.6) is 0 Å².